The van der Waals surface area contributed by atoms with E-state index in [2.05, 4.69) is 20.7 Å². The number of hydrogen-bond donors (Lipinski definition) is 1. The summed E-state index contributed by atoms with van der Waals surface area (Å²) in [5, 5.41) is 0. The van der Waals surface area contributed by atoms with Crippen LogP contribution < -0.4 is 10.5 Å². The maximum absolute atomic E-state index is 12.0. The van der Waals surface area contributed by atoms with Gasteiger partial charge < -0.3 is 10.5 Å². The predicted molar refractivity (Wildman–Crippen MR) is 58.3 cm³/mol. The summed E-state index contributed by atoms with van der Waals surface area (Å²) in [4.78, 5) is -0.499. The first-order valence-corrected chi connectivity index (χ1v) is 6.91. The summed E-state index contributed by atoms with van der Waals surface area (Å²) >= 11 is 2.70. The summed E-state index contributed by atoms with van der Waals surface area (Å²) in [7, 11) is 0.894. The molecule has 0 atom stereocenters. The van der Waals surface area contributed by atoms with Gasteiger partial charge >= 0.3 is 6.36 Å². The Labute approximate surface area is 107 Å². The number of hydrogen-bond acceptors (Lipinski definition) is 4. The van der Waals surface area contributed by atoms with Gasteiger partial charge in [-0.25, -0.2) is 8.42 Å². The van der Waals surface area contributed by atoms with Crippen molar-refractivity contribution < 1.29 is 26.3 Å². The highest BCUT2D eigenvalue weighted by molar-refractivity contribution is 9.10. The molecule has 0 amide bonds. The minimum Gasteiger partial charge on any atom is -0.405 e. The topological polar surface area (TPSA) is 69.4 Å². The molecule has 10 heteroatoms. The van der Waals surface area contributed by atoms with E-state index in [9.17, 15) is 21.6 Å². The van der Waals surface area contributed by atoms with E-state index in [-0.39, 0.29) is 4.47 Å². The van der Waals surface area contributed by atoms with E-state index in [1.54, 1.807) is 0 Å². The first-order valence-electron chi connectivity index (χ1n) is 3.81. The quantitative estimate of drug-likeness (QED) is 0.655. The van der Waals surface area contributed by atoms with Gasteiger partial charge in [-0.1, -0.05) is 0 Å². The van der Waals surface area contributed by atoms with E-state index in [1.165, 1.54) is 0 Å². The van der Waals surface area contributed by atoms with Gasteiger partial charge in [0.05, 0.1) is 10.2 Å². The van der Waals surface area contributed by atoms with Gasteiger partial charge in [0.1, 0.15) is 10.6 Å². The Bertz CT molecular complexity index is 546. The molecule has 0 aliphatic heterocycles. The zero-order valence-corrected chi connectivity index (χ0v) is 10.9. The highest BCUT2D eigenvalue weighted by Crippen LogP contribution is 2.38. The van der Waals surface area contributed by atoms with Gasteiger partial charge in [0, 0.05) is 10.7 Å². The average molecular weight is 355 g/mol. The van der Waals surface area contributed by atoms with Gasteiger partial charge in [0.15, 0.2) is 0 Å². The van der Waals surface area contributed by atoms with Crippen LogP contribution in [0.25, 0.3) is 0 Å². The van der Waals surface area contributed by atoms with Crippen LogP contribution in [0.5, 0.6) is 5.75 Å². The van der Waals surface area contributed by atoms with Crippen molar-refractivity contribution in [3.05, 3.63) is 16.6 Å². The molecule has 0 unspecified atom stereocenters. The molecule has 0 saturated heterocycles. The lowest BCUT2D eigenvalue weighted by molar-refractivity contribution is -0.274. The zero-order valence-electron chi connectivity index (χ0n) is 7.75. The van der Waals surface area contributed by atoms with Crippen molar-refractivity contribution in [3.63, 3.8) is 0 Å². The number of anilines is 1. The molecule has 0 bridgehead atoms. The predicted octanol–water partition coefficient (Wildman–Crippen LogP) is 2.86. The van der Waals surface area contributed by atoms with E-state index in [4.69, 9.17) is 16.4 Å². The third kappa shape index (κ3) is 3.65. The molecule has 1 aromatic carbocycles. The molecule has 0 heterocycles. The third-order valence-corrected chi connectivity index (χ3v) is 3.79. The van der Waals surface area contributed by atoms with Crippen LogP contribution in [0.2, 0.25) is 0 Å². The number of ether oxygens (including phenoxy) is 1. The van der Waals surface area contributed by atoms with Crippen LogP contribution in [0.3, 0.4) is 0 Å². The molecule has 0 fully saturated rings. The first kappa shape index (κ1) is 14.4. The maximum atomic E-state index is 12.0. The molecule has 0 saturated carbocycles. The van der Waals surface area contributed by atoms with Gasteiger partial charge in [-0.3, -0.25) is 0 Å². The van der Waals surface area contributed by atoms with Crippen LogP contribution in [-0.2, 0) is 9.05 Å². The second-order valence-electron chi connectivity index (χ2n) is 2.78. The first-order chi connectivity index (χ1) is 7.52. The van der Waals surface area contributed by atoms with Gasteiger partial charge in [-0.05, 0) is 28.1 Å². The highest BCUT2D eigenvalue weighted by atomic mass is 79.9. The summed E-state index contributed by atoms with van der Waals surface area (Å²) in [5.74, 6) is -0.654. The molecule has 0 aliphatic carbocycles. The van der Waals surface area contributed by atoms with Crippen molar-refractivity contribution in [1.29, 1.82) is 0 Å². The second kappa shape index (κ2) is 4.54. The average Bonchev–Trinajstić information content (AvgIpc) is 2.08. The van der Waals surface area contributed by atoms with Crippen molar-refractivity contribution in [2.75, 3.05) is 5.73 Å². The molecule has 0 radical (unpaired) electrons. The Hall–Kier alpha value is -0.670. The SMILES string of the molecule is Nc1c(S(=O)(=O)Cl)ccc(OC(F)(F)F)c1Br. The largest absolute Gasteiger partial charge is 0.573 e. The fraction of sp³-hybridized carbons (Fsp3) is 0.143. The smallest absolute Gasteiger partial charge is 0.405 e. The summed E-state index contributed by atoms with van der Waals surface area (Å²) in [5.41, 5.74) is 4.87. The van der Waals surface area contributed by atoms with Crippen molar-refractivity contribution in [2.45, 2.75) is 11.3 Å². The minimum absolute atomic E-state index is 0.337. The van der Waals surface area contributed by atoms with Crippen LogP contribution in [0.15, 0.2) is 21.5 Å². The number of halogens is 5. The fourth-order valence-electron chi connectivity index (χ4n) is 0.971. The number of benzene rings is 1. The second-order valence-corrected chi connectivity index (χ2v) is 6.10. The molecule has 0 aliphatic rings. The van der Waals surface area contributed by atoms with Crippen molar-refractivity contribution >= 4 is 41.4 Å². The lowest BCUT2D eigenvalue weighted by Crippen LogP contribution is -2.17. The van der Waals surface area contributed by atoms with Gasteiger partial charge in [0.2, 0.25) is 0 Å². The van der Waals surface area contributed by atoms with Crippen LogP contribution in [0.4, 0.5) is 18.9 Å². The lowest BCUT2D eigenvalue weighted by atomic mass is 10.3. The van der Waals surface area contributed by atoms with Gasteiger partial charge in [-0.2, -0.15) is 0 Å². The summed E-state index contributed by atoms with van der Waals surface area (Å²) < 4.78 is 61.2. The summed E-state index contributed by atoms with van der Waals surface area (Å²) in [6.45, 7) is 0. The lowest BCUT2D eigenvalue weighted by Gasteiger charge is -2.13. The van der Waals surface area contributed by atoms with Crippen LogP contribution in [0, 0.1) is 0 Å². The molecule has 0 aromatic heterocycles. The molecular weight excluding hydrogens is 350 g/mol. The van der Waals surface area contributed by atoms with Crippen molar-refractivity contribution in [1.82, 2.24) is 0 Å². The monoisotopic (exact) mass is 353 g/mol. The van der Waals surface area contributed by atoms with E-state index < -0.39 is 31.7 Å². The molecule has 1 aromatic rings. The number of rotatable bonds is 2. The molecule has 17 heavy (non-hydrogen) atoms. The molecular formula is C7H4BrClF3NO3S. The Morgan fingerprint density at radius 3 is 2.29 bits per heavy atom. The third-order valence-electron chi connectivity index (χ3n) is 1.59. The minimum atomic E-state index is -4.91. The molecule has 1 rings (SSSR count). The maximum Gasteiger partial charge on any atom is 0.573 e. The van der Waals surface area contributed by atoms with Crippen LogP contribution in [-0.4, -0.2) is 14.8 Å². The normalized spacial score (nSPS) is 12.5. The van der Waals surface area contributed by atoms with Crippen molar-refractivity contribution in [2.24, 2.45) is 0 Å². The standard InChI is InChI=1S/C7H4BrClF3NO3S/c8-5-3(16-7(10,11)12)1-2-4(6(5)13)17(9,14)15/h1-2H,13H2. The van der Waals surface area contributed by atoms with Gasteiger partial charge in [-0.15, -0.1) is 13.2 Å². The molecule has 2 N–H and O–H groups in total. The van der Waals surface area contributed by atoms with E-state index >= 15 is 0 Å². The Balaban J connectivity index is 3.30. The Morgan fingerprint density at radius 1 is 1.35 bits per heavy atom. The molecule has 0 spiro atoms. The zero-order chi connectivity index (χ0) is 13.4. The fourth-order valence-corrected chi connectivity index (χ4v) is 2.53. The van der Waals surface area contributed by atoms with Crippen LogP contribution >= 0.6 is 26.6 Å². The molecule has 96 valence electrons. The van der Waals surface area contributed by atoms with Crippen molar-refractivity contribution in [3.8, 4) is 5.75 Å². The number of alkyl halides is 3. The Kier molecular flexibility index (Phi) is 3.84. The van der Waals surface area contributed by atoms with E-state index in [0.717, 1.165) is 12.1 Å². The number of nitrogens with two attached hydrogens (primary N) is 1. The number of nitrogen functional groups attached to an aromatic ring is 1. The summed E-state index contributed by atoms with van der Waals surface area (Å²) in [6.07, 6.45) is -4.91. The van der Waals surface area contributed by atoms with Crippen LogP contribution in [0.1, 0.15) is 0 Å². The Morgan fingerprint density at radius 2 is 1.88 bits per heavy atom. The van der Waals surface area contributed by atoms with Gasteiger partial charge in [0.25, 0.3) is 9.05 Å². The highest BCUT2D eigenvalue weighted by Gasteiger charge is 2.33. The summed E-state index contributed by atoms with van der Waals surface area (Å²) in [6, 6.07) is 1.62. The van der Waals surface area contributed by atoms with E-state index in [0.29, 0.717) is 0 Å². The molecule has 4 nitrogen and oxygen atoms in total. The van der Waals surface area contributed by atoms with E-state index in [1.807, 2.05) is 0 Å².